The molecule has 2 N–H and O–H groups in total. The largest absolute Gasteiger partial charge is 0.315 e. The van der Waals surface area contributed by atoms with E-state index < -0.39 is 0 Å². The van der Waals surface area contributed by atoms with Crippen LogP contribution < -0.4 is 10.6 Å². The Kier molecular flexibility index (Phi) is 5.61. The molecule has 3 aromatic rings. The number of aromatic nitrogens is 3. The molecular formula is C22H20ClN5O. The first kappa shape index (κ1) is 19.2. The number of nitrogens with zero attached hydrogens (tertiary/aromatic N) is 3. The van der Waals surface area contributed by atoms with Crippen molar-refractivity contribution in [3.63, 3.8) is 0 Å². The number of halogens is 1. The third kappa shape index (κ3) is 4.32. The monoisotopic (exact) mass is 405 g/mol. The lowest BCUT2D eigenvalue weighted by molar-refractivity contribution is 0.101. The maximum Gasteiger partial charge on any atom is 0.276 e. The minimum absolute atomic E-state index is 0.118. The van der Waals surface area contributed by atoms with E-state index in [2.05, 4.69) is 32.6 Å². The molecule has 1 saturated heterocycles. The van der Waals surface area contributed by atoms with Crippen LogP contribution in [-0.2, 0) is 0 Å². The van der Waals surface area contributed by atoms with Gasteiger partial charge in [0.1, 0.15) is 11.5 Å². The first-order chi connectivity index (χ1) is 14.1. The Morgan fingerprint density at radius 2 is 2.03 bits per heavy atom. The molecular weight excluding hydrogens is 386 g/mol. The molecule has 7 heteroatoms. The third-order valence-electron chi connectivity index (χ3n) is 4.78. The van der Waals surface area contributed by atoms with Gasteiger partial charge in [-0.2, -0.15) is 5.10 Å². The fraction of sp³-hybridized carbons (Fsp3) is 0.227. The van der Waals surface area contributed by atoms with Gasteiger partial charge in [-0.3, -0.25) is 9.48 Å². The lowest BCUT2D eigenvalue weighted by Gasteiger charge is -2.14. The summed E-state index contributed by atoms with van der Waals surface area (Å²) in [7, 11) is 0. The maximum atomic E-state index is 12.9. The molecule has 6 nitrogen and oxygen atoms in total. The molecule has 146 valence electrons. The molecule has 1 aromatic carbocycles. The van der Waals surface area contributed by atoms with Crippen LogP contribution in [0.5, 0.6) is 0 Å². The van der Waals surface area contributed by atoms with Crippen molar-refractivity contribution in [2.24, 2.45) is 0 Å². The van der Waals surface area contributed by atoms with Gasteiger partial charge in [-0.25, -0.2) is 4.98 Å². The molecule has 4 rings (SSSR count). The summed E-state index contributed by atoms with van der Waals surface area (Å²) in [5.41, 5.74) is 2.90. The van der Waals surface area contributed by atoms with Crippen LogP contribution >= 0.6 is 11.6 Å². The van der Waals surface area contributed by atoms with E-state index in [4.69, 9.17) is 11.6 Å². The second-order valence-electron chi connectivity index (χ2n) is 6.89. The zero-order valence-corrected chi connectivity index (χ0v) is 16.7. The molecule has 29 heavy (non-hydrogen) atoms. The van der Waals surface area contributed by atoms with E-state index in [-0.39, 0.29) is 11.9 Å². The number of rotatable bonds is 3. The average Bonchev–Trinajstić information content (AvgIpc) is 3.38. The average molecular weight is 406 g/mol. The van der Waals surface area contributed by atoms with E-state index in [1.54, 1.807) is 10.9 Å². The van der Waals surface area contributed by atoms with Crippen molar-refractivity contribution in [3.8, 4) is 11.8 Å². The molecule has 0 bridgehead atoms. The van der Waals surface area contributed by atoms with Gasteiger partial charge in [0.25, 0.3) is 5.91 Å². The number of nitrogens with one attached hydrogen (secondary N) is 2. The van der Waals surface area contributed by atoms with Crippen LogP contribution in [0.25, 0.3) is 0 Å². The van der Waals surface area contributed by atoms with Gasteiger partial charge in [0, 0.05) is 23.9 Å². The van der Waals surface area contributed by atoms with E-state index in [9.17, 15) is 4.79 Å². The molecule has 1 aliphatic rings. The van der Waals surface area contributed by atoms with E-state index in [0.29, 0.717) is 16.5 Å². The van der Waals surface area contributed by atoms with Crippen LogP contribution in [-0.4, -0.2) is 33.8 Å². The molecule has 0 unspecified atom stereocenters. The second-order valence-corrected chi connectivity index (χ2v) is 7.30. The Morgan fingerprint density at radius 1 is 1.24 bits per heavy atom. The van der Waals surface area contributed by atoms with Gasteiger partial charge >= 0.3 is 0 Å². The lowest BCUT2D eigenvalue weighted by atomic mass is 10.1. The van der Waals surface area contributed by atoms with E-state index in [0.717, 1.165) is 36.2 Å². The molecule has 1 fully saturated rings. The number of pyridine rings is 1. The van der Waals surface area contributed by atoms with Gasteiger partial charge < -0.3 is 10.6 Å². The minimum Gasteiger partial charge on any atom is -0.315 e. The fourth-order valence-corrected chi connectivity index (χ4v) is 3.50. The summed E-state index contributed by atoms with van der Waals surface area (Å²) < 4.78 is 1.70. The topological polar surface area (TPSA) is 71.8 Å². The summed E-state index contributed by atoms with van der Waals surface area (Å²) in [4.78, 5) is 17.3. The molecule has 0 saturated carbocycles. The summed E-state index contributed by atoms with van der Waals surface area (Å²) >= 11 is 6.25. The Bertz CT molecular complexity index is 1090. The van der Waals surface area contributed by atoms with Gasteiger partial charge in [-0.15, -0.1) is 0 Å². The smallest absolute Gasteiger partial charge is 0.276 e. The summed E-state index contributed by atoms with van der Waals surface area (Å²) in [6.45, 7) is 3.55. The van der Waals surface area contributed by atoms with Crippen molar-refractivity contribution in [3.05, 3.63) is 76.2 Å². The third-order valence-corrected chi connectivity index (χ3v) is 5.06. The lowest BCUT2D eigenvalue weighted by Crippen LogP contribution is -2.23. The number of hydrogen-bond acceptors (Lipinski definition) is 4. The van der Waals surface area contributed by atoms with Crippen LogP contribution in [0, 0.1) is 18.8 Å². The number of carbonyl (C=O) groups excluding carboxylic acids is 1. The zero-order valence-electron chi connectivity index (χ0n) is 15.9. The number of hydrogen-bond donors (Lipinski definition) is 2. The van der Waals surface area contributed by atoms with Crippen molar-refractivity contribution in [2.45, 2.75) is 19.4 Å². The summed E-state index contributed by atoms with van der Waals surface area (Å²) in [5.74, 6) is 6.36. The Hall–Kier alpha value is -3.14. The standard InChI is InChI=1S/C22H20ClN5O/c1-15-11-17(8-7-16-5-3-2-4-6-16)12-25-21(15)27-22(29)20-19(23)14-26-28(20)18-9-10-24-13-18/h2-6,11-12,14,18,24H,9-10,13H2,1H3,(H,25,27,29)/t18-/m1/s1. The molecule has 0 radical (unpaired) electrons. The molecule has 2 aromatic heterocycles. The van der Waals surface area contributed by atoms with Crippen LogP contribution in [0.3, 0.4) is 0 Å². The van der Waals surface area contributed by atoms with Gasteiger partial charge in [-0.05, 0) is 43.7 Å². The van der Waals surface area contributed by atoms with E-state index in [1.165, 1.54) is 6.20 Å². The van der Waals surface area contributed by atoms with E-state index in [1.807, 2.05) is 43.3 Å². The van der Waals surface area contributed by atoms with Gasteiger partial charge in [0.15, 0.2) is 0 Å². The van der Waals surface area contributed by atoms with Crippen molar-refractivity contribution < 1.29 is 4.79 Å². The second kappa shape index (κ2) is 8.48. The highest BCUT2D eigenvalue weighted by molar-refractivity contribution is 6.34. The molecule has 3 heterocycles. The Balaban J connectivity index is 1.52. The van der Waals surface area contributed by atoms with Gasteiger partial charge in [0.2, 0.25) is 0 Å². The zero-order chi connectivity index (χ0) is 20.2. The van der Waals surface area contributed by atoms with Crippen LogP contribution in [0.4, 0.5) is 5.82 Å². The summed E-state index contributed by atoms with van der Waals surface area (Å²) in [6.07, 6.45) is 4.07. The highest BCUT2D eigenvalue weighted by Gasteiger charge is 2.25. The number of carbonyl (C=O) groups is 1. The van der Waals surface area contributed by atoms with Crippen LogP contribution in [0.2, 0.25) is 5.02 Å². The highest BCUT2D eigenvalue weighted by Crippen LogP contribution is 2.24. The van der Waals surface area contributed by atoms with Gasteiger partial charge in [-0.1, -0.05) is 41.6 Å². The Labute approximate surface area is 174 Å². The number of amides is 1. The molecule has 1 aliphatic heterocycles. The minimum atomic E-state index is -0.321. The maximum absolute atomic E-state index is 12.9. The highest BCUT2D eigenvalue weighted by atomic mass is 35.5. The number of aryl methyl sites for hydroxylation is 1. The molecule has 1 atom stereocenters. The van der Waals surface area contributed by atoms with Crippen molar-refractivity contribution in [2.75, 3.05) is 18.4 Å². The van der Waals surface area contributed by atoms with Crippen LogP contribution in [0.15, 0.2) is 48.8 Å². The SMILES string of the molecule is Cc1cc(C#Cc2ccccc2)cnc1NC(=O)c1c(Cl)cnn1[C@@H]1CCNC1. The molecule has 1 amide bonds. The summed E-state index contributed by atoms with van der Waals surface area (Å²) in [6, 6.07) is 11.8. The first-order valence-electron chi connectivity index (χ1n) is 9.40. The number of anilines is 1. The number of benzene rings is 1. The quantitative estimate of drug-likeness (QED) is 0.655. The van der Waals surface area contributed by atoms with Crippen molar-refractivity contribution in [1.29, 1.82) is 0 Å². The summed E-state index contributed by atoms with van der Waals surface area (Å²) in [5, 5.41) is 10.8. The van der Waals surface area contributed by atoms with Crippen molar-refractivity contribution >= 4 is 23.3 Å². The van der Waals surface area contributed by atoms with E-state index >= 15 is 0 Å². The first-order valence-corrected chi connectivity index (χ1v) is 9.78. The predicted molar refractivity (Wildman–Crippen MR) is 113 cm³/mol. The molecule has 0 aliphatic carbocycles. The predicted octanol–water partition coefficient (Wildman–Crippen LogP) is 3.43. The Morgan fingerprint density at radius 3 is 2.76 bits per heavy atom. The van der Waals surface area contributed by atoms with Gasteiger partial charge in [0.05, 0.1) is 17.3 Å². The fourth-order valence-electron chi connectivity index (χ4n) is 3.29. The van der Waals surface area contributed by atoms with Crippen LogP contribution in [0.1, 0.15) is 39.6 Å². The van der Waals surface area contributed by atoms with Crippen molar-refractivity contribution in [1.82, 2.24) is 20.1 Å². The molecule has 0 spiro atoms. The normalized spacial score (nSPS) is 15.6.